The van der Waals surface area contributed by atoms with Gasteiger partial charge in [0, 0.05) is 50.8 Å². The number of carboxylic acid groups (broad SMARTS) is 2. The number of carbonyl (C=O) groups is 3. The summed E-state index contributed by atoms with van der Waals surface area (Å²) in [6.45, 7) is 0.00380. The van der Waals surface area contributed by atoms with Crippen molar-refractivity contribution in [3.8, 4) is 0 Å². The molecular formula is C18H25F3N6O5. The minimum absolute atomic E-state index is 0.250. The molecule has 3 N–H and O–H groups in total. The largest absolute Gasteiger partial charge is 0.483 e. The Morgan fingerprint density at radius 2 is 1.81 bits per heavy atom. The molecule has 11 nitrogen and oxygen atoms in total. The number of aromatic nitrogens is 4. The lowest BCUT2D eigenvalue weighted by Gasteiger charge is -2.40. The zero-order valence-corrected chi connectivity index (χ0v) is 17.3. The van der Waals surface area contributed by atoms with Gasteiger partial charge in [0.25, 0.3) is 12.9 Å². The van der Waals surface area contributed by atoms with Crippen LogP contribution in [0.3, 0.4) is 0 Å². The Morgan fingerprint density at radius 1 is 1.22 bits per heavy atom. The third-order valence-electron chi connectivity index (χ3n) is 4.66. The molecule has 1 aliphatic rings. The molecule has 32 heavy (non-hydrogen) atoms. The quantitative estimate of drug-likeness (QED) is 0.551. The number of carbonyl (C=O) groups excluding carboxylic acids is 1. The summed E-state index contributed by atoms with van der Waals surface area (Å²) in [5.74, 6) is -0.639. The third kappa shape index (κ3) is 8.02. The van der Waals surface area contributed by atoms with Crippen molar-refractivity contribution >= 4 is 18.9 Å². The predicted octanol–water partition coefficient (Wildman–Crippen LogP) is 0.688. The molecule has 0 radical (unpaired) electrons. The SMILES string of the molecule is Cn1cc(CN2CCC(C(=O)NCC(F)(F)F)(n3cccn3)CC2)cn1.O=CO.O=CO. The fourth-order valence-electron chi connectivity index (χ4n) is 3.32. The van der Waals surface area contributed by atoms with Crippen molar-refractivity contribution in [2.45, 2.75) is 31.1 Å². The van der Waals surface area contributed by atoms with Crippen LogP contribution in [0.5, 0.6) is 0 Å². The van der Waals surface area contributed by atoms with Crippen molar-refractivity contribution in [1.82, 2.24) is 29.8 Å². The molecule has 0 spiro atoms. The molecule has 14 heteroatoms. The summed E-state index contributed by atoms with van der Waals surface area (Å²) in [6, 6.07) is 1.67. The standard InChI is InChI=1S/C16H21F3N6O.2CH2O2/c1-23-10-13(9-22-23)11-24-7-3-15(4-8-24,25-6-2-5-21-25)14(26)20-12-16(17,18)19;2*2-1-3/h2,5-6,9-10H,3-4,7-8,11-12H2,1H3,(H,20,26);2*1H,(H,2,3). The van der Waals surface area contributed by atoms with Crippen LogP contribution in [0.15, 0.2) is 30.9 Å². The monoisotopic (exact) mass is 462 g/mol. The topological polar surface area (TPSA) is 143 Å². The van der Waals surface area contributed by atoms with E-state index in [9.17, 15) is 18.0 Å². The first-order chi connectivity index (χ1) is 15.1. The van der Waals surface area contributed by atoms with Gasteiger partial charge >= 0.3 is 6.18 Å². The lowest BCUT2D eigenvalue weighted by Crippen LogP contribution is -2.56. The maximum absolute atomic E-state index is 12.6. The Morgan fingerprint density at radius 3 is 2.25 bits per heavy atom. The number of halogens is 3. The lowest BCUT2D eigenvalue weighted by molar-refractivity contribution is -0.146. The van der Waals surface area contributed by atoms with Crippen molar-refractivity contribution in [3.05, 3.63) is 36.4 Å². The molecule has 3 rings (SSSR count). The van der Waals surface area contributed by atoms with E-state index in [1.54, 1.807) is 23.1 Å². The summed E-state index contributed by atoms with van der Waals surface area (Å²) in [6.07, 6.45) is 3.20. The number of likely N-dealkylation sites (tertiary alicyclic amines) is 1. The number of nitrogens with zero attached hydrogens (tertiary/aromatic N) is 5. The van der Waals surface area contributed by atoms with Gasteiger partial charge in [0.15, 0.2) is 0 Å². The predicted molar refractivity (Wildman–Crippen MR) is 104 cm³/mol. The molecule has 3 heterocycles. The first kappa shape index (κ1) is 26.6. The smallest absolute Gasteiger partial charge is 0.405 e. The molecule has 0 bridgehead atoms. The number of hydrogen-bond acceptors (Lipinski definition) is 6. The average Bonchev–Trinajstić information content (AvgIpc) is 3.40. The molecule has 2 aromatic rings. The molecule has 1 amide bonds. The van der Waals surface area contributed by atoms with Gasteiger partial charge in [-0.15, -0.1) is 0 Å². The van der Waals surface area contributed by atoms with E-state index in [0.717, 1.165) is 5.56 Å². The highest BCUT2D eigenvalue weighted by Gasteiger charge is 2.44. The molecule has 0 aliphatic carbocycles. The Balaban J connectivity index is 0.000000769. The number of hydrogen-bond donors (Lipinski definition) is 3. The molecule has 178 valence electrons. The molecule has 0 atom stereocenters. The summed E-state index contributed by atoms with van der Waals surface area (Å²) < 4.78 is 40.7. The lowest BCUT2D eigenvalue weighted by atomic mass is 9.86. The van der Waals surface area contributed by atoms with E-state index in [4.69, 9.17) is 19.8 Å². The van der Waals surface area contributed by atoms with E-state index in [1.807, 2.05) is 18.6 Å². The fraction of sp³-hybridized carbons (Fsp3) is 0.500. The van der Waals surface area contributed by atoms with Crippen LogP contribution in [0.25, 0.3) is 0 Å². The van der Waals surface area contributed by atoms with Crippen LogP contribution in [0.4, 0.5) is 13.2 Å². The van der Waals surface area contributed by atoms with Crippen LogP contribution in [-0.4, -0.2) is 79.3 Å². The second kappa shape index (κ2) is 12.4. The number of piperidine rings is 1. The molecular weight excluding hydrogens is 437 g/mol. The average molecular weight is 462 g/mol. The zero-order valence-electron chi connectivity index (χ0n) is 17.3. The van der Waals surface area contributed by atoms with E-state index in [1.165, 1.54) is 10.9 Å². The van der Waals surface area contributed by atoms with Gasteiger partial charge < -0.3 is 15.5 Å². The normalized spacial score (nSPS) is 15.4. The molecule has 1 aliphatic heterocycles. The first-order valence-electron chi connectivity index (χ1n) is 9.32. The van der Waals surface area contributed by atoms with E-state index in [0.29, 0.717) is 32.5 Å². The van der Waals surface area contributed by atoms with Crippen LogP contribution in [0.2, 0.25) is 0 Å². The molecule has 0 unspecified atom stereocenters. The van der Waals surface area contributed by atoms with Gasteiger partial charge in [-0.3, -0.25) is 28.6 Å². The maximum Gasteiger partial charge on any atom is 0.405 e. The summed E-state index contributed by atoms with van der Waals surface area (Å²) >= 11 is 0. The van der Waals surface area contributed by atoms with Gasteiger partial charge in [-0.2, -0.15) is 23.4 Å². The highest BCUT2D eigenvalue weighted by molar-refractivity contribution is 5.84. The highest BCUT2D eigenvalue weighted by Crippen LogP contribution is 2.31. The van der Waals surface area contributed by atoms with Crippen molar-refractivity contribution in [1.29, 1.82) is 0 Å². The molecule has 1 saturated heterocycles. The number of aryl methyl sites for hydroxylation is 1. The number of alkyl halides is 3. The van der Waals surface area contributed by atoms with Crippen molar-refractivity contribution in [3.63, 3.8) is 0 Å². The van der Waals surface area contributed by atoms with E-state index in [-0.39, 0.29) is 12.9 Å². The van der Waals surface area contributed by atoms with Crippen LogP contribution >= 0.6 is 0 Å². The Hall–Kier alpha value is -3.42. The number of nitrogens with one attached hydrogen (secondary N) is 1. The fourth-order valence-corrected chi connectivity index (χ4v) is 3.32. The molecule has 1 fully saturated rings. The third-order valence-corrected chi connectivity index (χ3v) is 4.66. The van der Waals surface area contributed by atoms with Crippen LogP contribution in [-0.2, 0) is 33.5 Å². The highest BCUT2D eigenvalue weighted by atomic mass is 19.4. The van der Waals surface area contributed by atoms with Crippen LogP contribution in [0, 0.1) is 0 Å². The molecule has 0 aromatic carbocycles. The minimum atomic E-state index is -4.44. The zero-order chi connectivity index (χ0) is 24.2. The molecule has 2 aromatic heterocycles. The second-order valence-corrected chi connectivity index (χ2v) is 6.79. The van der Waals surface area contributed by atoms with E-state index in [2.05, 4.69) is 15.1 Å². The summed E-state index contributed by atoms with van der Waals surface area (Å²) in [7, 11) is 1.84. The van der Waals surface area contributed by atoms with Crippen molar-refractivity contribution in [2.75, 3.05) is 19.6 Å². The maximum atomic E-state index is 12.6. The van der Waals surface area contributed by atoms with E-state index < -0.39 is 24.2 Å². The molecule has 0 saturated carbocycles. The van der Waals surface area contributed by atoms with Crippen LogP contribution in [0.1, 0.15) is 18.4 Å². The summed E-state index contributed by atoms with van der Waals surface area (Å²) in [5, 5.41) is 24.1. The van der Waals surface area contributed by atoms with Gasteiger partial charge in [-0.05, 0) is 18.9 Å². The Bertz CT molecular complexity index is 827. The van der Waals surface area contributed by atoms with Crippen molar-refractivity contribution < 1.29 is 37.8 Å². The van der Waals surface area contributed by atoms with Gasteiger partial charge in [0.1, 0.15) is 12.1 Å². The summed E-state index contributed by atoms with van der Waals surface area (Å²) in [4.78, 5) is 31.5. The first-order valence-corrected chi connectivity index (χ1v) is 9.32. The van der Waals surface area contributed by atoms with Gasteiger partial charge in [-0.25, -0.2) is 0 Å². The number of amides is 1. The second-order valence-electron chi connectivity index (χ2n) is 6.79. The van der Waals surface area contributed by atoms with Crippen LogP contribution < -0.4 is 5.32 Å². The van der Waals surface area contributed by atoms with Gasteiger partial charge in [0.05, 0.1) is 6.20 Å². The minimum Gasteiger partial charge on any atom is -0.483 e. The number of rotatable bonds is 5. The Kier molecular flexibility index (Phi) is 10.3. The van der Waals surface area contributed by atoms with Crippen molar-refractivity contribution in [2.24, 2.45) is 7.05 Å². The van der Waals surface area contributed by atoms with E-state index >= 15 is 0 Å². The summed E-state index contributed by atoms with van der Waals surface area (Å²) in [5.41, 5.74) is -0.0409. The van der Waals surface area contributed by atoms with Gasteiger partial charge in [-0.1, -0.05) is 0 Å². The Labute approximate surface area is 181 Å². The van der Waals surface area contributed by atoms with Gasteiger partial charge in [0.2, 0.25) is 5.91 Å².